The molecule has 0 bridgehead atoms. The molecular weight excluding hydrogens is 446 g/mol. The molecule has 2 aromatic rings. The second-order valence-corrected chi connectivity index (χ2v) is 8.61. The van der Waals surface area contributed by atoms with Gasteiger partial charge in [0, 0.05) is 12.5 Å². The number of halogens is 2. The fourth-order valence-electron chi connectivity index (χ4n) is 3.91. The first-order chi connectivity index (χ1) is 16.2. The molecule has 2 atom stereocenters. The number of carbonyl (C=O) groups excluding carboxylic acids is 2. The maximum atomic E-state index is 13.5. The van der Waals surface area contributed by atoms with Gasteiger partial charge in [0.1, 0.15) is 12.6 Å². The molecule has 0 radical (unpaired) electrons. The number of carboxylic acids is 1. The Kier molecular flexibility index (Phi) is 7.86. The Bertz CT molecular complexity index is 1020. The molecule has 7 nitrogen and oxygen atoms in total. The minimum absolute atomic E-state index is 0.0461. The number of alkyl carbamates (subject to hydrolysis) is 1. The Morgan fingerprint density at radius 3 is 2.12 bits per heavy atom. The number of nitrogens with one attached hydrogen (secondary N) is 2. The molecule has 2 aromatic carbocycles. The number of benzene rings is 2. The van der Waals surface area contributed by atoms with Crippen LogP contribution in [0.2, 0.25) is 0 Å². The average molecular weight is 475 g/mol. The monoisotopic (exact) mass is 474 g/mol. The third-order valence-electron chi connectivity index (χ3n) is 6.33. The lowest BCUT2D eigenvalue weighted by Crippen LogP contribution is -2.46. The van der Waals surface area contributed by atoms with Crippen LogP contribution in [0, 0.1) is 5.41 Å². The first-order valence-electron chi connectivity index (χ1n) is 11.1. The third kappa shape index (κ3) is 5.52. The van der Waals surface area contributed by atoms with Gasteiger partial charge in [0.25, 0.3) is 6.43 Å². The number of alkyl halides is 2. The van der Waals surface area contributed by atoms with Crippen molar-refractivity contribution >= 4 is 18.0 Å². The molecule has 3 N–H and O–H groups in total. The van der Waals surface area contributed by atoms with Gasteiger partial charge in [0.05, 0.1) is 11.8 Å². The molecule has 182 valence electrons. The van der Waals surface area contributed by atoms with Crippen LogP contribution in [0.3, 0.4) is 0 Å². The molecule has 34 heavy (non-hydrogen) atoms. The van der Waals surface area contributed by atoms with Crippen molar-refractivity contribution in [3.63, 3.8) is 0 Å². The second-order valence-electron chi connectivity index (χ2n) is 8.61. The molecule has 3 rings (SSSR count). The lowest BCUT2D eigenvalue weighted by molar-refractivity contribution is -0.148. The highest BCUT2D eigenvalue weighted by Crippen LogP contribution is 2.44. The Labute approximate surface area is 196 Å². The van der Waals surface area contributed by atoms with E-state index < -0.39 is 42.3 Å². The number of hydrogen-bond acceptors (Lipinski definition) is 4. The number of fused-ring (bicyclic) bond motifs is 3. The largest absolute Gasteiger partial charge is 0.481 e. The highest BCUT2D eigenvalue weighted by molar-refractivity contribution is 5.80. The normalized spacial score (nSPS) is 15.1. The van der Waals surface area contributed by atoms with Crippen LogP contribution in [0.4, 0.5) is 13.6 Å². The first-order valence-corrected chi connectivity index (χ1v) is 11.1. The molecule has 2 unspecified atom stereocenters. The summed E-state index contributed by atoms with van der Waals surface area (Å²) in [5.41, 5.74) is 2.83. The van der Waals surface area contributed by atoms with Gasteiger partial charge in [-0.15, -0.1) is 0 Å². The van der Waals surface area contributed by atoms with E-state index in [2.05, 4.69) is 10.6 Å². The van der Waals surface area contributed by atoms with E-state index in [1.165, 1.54) is 6.92 Å². The molecule has 0 aliphatic heterocycles. The van der Waals surface area contributed by atoms with Crippen molar-refractivity contribution < 1.29 is 33.0 Å². The lowest BCUT2D eigenvalue weighted by Gasteiger charge is -2.24. The number of amides is 2. The van der Waals surface area contributed by atoms with Crippen LogP contribution in [0.25, 0.3) is 11.1 Å². The third-order valence-corrected chi connectivity index (χ3v) is 6.33. The summed E-state index contributed by atoms with van der Waals surface area (Å²) in [6.45, 7) is 2.85. The van der Waals surface area contributed by atoms with E-state index >= 15 is 0 Å². The number of ether oxygens (including phenoxy) is 1. The molecule has 0 fully saturated rings. The van der Waals surface area contributed by atoms with Gasteiger partial charge in [-0.25, -0.2) is 13.6 Å². The molecule has 2 amide bonds. The van der Waals surface area contributed by atoms with E-state index in [0.29, 0.717) is 0 Å². The van der Waals surface area contributed by atoms with Crippen LogP contribution >= 0.6 is 0 Å². The number of carboxylic acid groups (broad SMARTS) is 1. The van der Waals surface area contributed by atoms with Gasteiger partial charge in [0.15, 0.2) is 0 Å². The molecule has 9 heteroatoms. The molecule has 0 saturated heterocycles. The predicted octanol–water partition coefficient (Wildman–Crippen LogP) is 4.17. The van der Waals surface area contributed by atoms with Crippen LogP contribution in [0.1, 0.15) is 43.7 Å². The number of hydrogen-bond donors (Lipinski definition) is 3. The van der Waals surface area contributed by atoms with Crippen molar-refractivity contribution in [1.29, 1.82) is 0 Å². The van der Waals surface area contributed by atoms with E-state index in [1.807, 2.05) is 48.5 Å². The van der Waals surface area contributed by atoms with Crippen molar-refractivity contribution in [2.24, 2.45) is 5.41 Å². The quantitative estimate of drug-likeness (QED) is 0.480. The van der Waals surface area contributed by atoms with E-state index in [0.717, 1.165) is 22.3 Å². The van der Waals surface area contributed by atoms with Crippen LogP contribution in [-0.2, 0) is 14.3 Å². The number of aliphatic carboxylic acids is 1. The topological polar surface area (TPSA) is 105 Å². The van der Waals surface area contributed by atoms with E-state index in [1.54, 1.807) is 6.92 Å². The zero-order valence-electron chi connectivity index (χ0n) is 19.0. The Morgan fingerprint density at radius 1 is 1.06 bits per heavy atom. The fraction of sp³-hybridized carbons (Fsp3) is 0.400. The van der Waals surface area contributed by atoms with Gasteiger partial charge in [-0.2, -0.15) is 0 Å². The standard InChI is InChI=1S/C25H28F2N2O5/c1-3-25(2,23(31)32)14-28-21(30)12-20(22(26)27)29-24(33)34-13-19-17-10-6-4-8-15(17)16-9-5-7-11-18(16)19/h4-11,19-20,22H,3,12-14H2,1-2H3,(H,28,30)(H,29,33)(H,31,32). The van der Waals surface area contributed by atoms with Gasteiger partial charge in [-0.05, 0) is 35.6 Å². The van der Waals surface area contributed by atoms with Crippen LogP contribution in [0.5, 0.6) is 0 Å². The van der Waals surface area contributed by atoms with E-state index in [4.69, 9.17) is 4.74 Å². The summed E-state index contributed by atoms with van der Waals surface area (Å²) in [5.74, 6) is -2.11. The highest BCUT2D eigenvalue weighted by atomic mass is 19.3. The first kappa shape index (κ1) is 25.1. The van der Waals surface area contributed by atoms with Crippen LogP contribution in [0.15, 0.2) is 48.5 Å². The van der Waals surface area contributed by atoms with Gasteiger partial charge in [-0.1, -0.05) is 55.5 Å². The summed E-state index contributed by atoms with van der Waals surface area (Å²) in [6, 6.07) is 13.7. The van der Waals surface area contributed by atoms with E-state index in [-0.39, 0.29) is 25.5 Å². The van der Waals surface area contributed by atoms with Crippen molar-refractivity contribution in [3.8, 4) is 11.1 Å². The van der Waals surface area contributed by atoms with Crippen LogP contribution < -0.4 is 10.6 Å². The molecule has 0 heterocycles. The maximum absolute atomic E-state index is 13.5. The minimum atomic E-state index is -3.01. The molecule has 0 spiro atoms. The molecular formula is C25H28F2N2O5. The predicted molar refractivity (Wildman–Crippen MR) is 122 cm³/mol. The Balaban J connectivity index is 1.58. The summed E-state index contributed by atoms with van der Waals surface area (Å²) in [6.07, 6.45) is -4.52. The maximum Gasteiger partial charge on any atom is 0.407 e. The summed E-state index contributed by atoms with van der Waals surface area (Å²) >= 11 is 0. The molecule has 0 aromatic heterocycles. The summed E-state index contributed by atoms with van der Waals surface area (Å²) in [7, 11) is 0. The Hall–Kier alpha value is -3.49. The second kappa shape index (κ2) is 10.6. The van der Waals surface area contributed by atoms with Gasteiger partial charge >= 0.3 is 12.1 Å². The number of rotatable bonds is 10. The summed E-state index contributed by atoms with van der Waals surface area (Å²) in [4.78, 5) is 35.8. The Morgan fingerprint density at radius 2 is 1.62 bits per heavy atom. The fourth-order valence-corrected chi connectivity index (χ4v) is 3.91. The van der Waals surface area contributed by atoms with E-state index in [9.17, 15) is 28.3 Å². The lowest BCUT2D eigenvalue weighted by atomic mass is 9.87. The van der Waals surface area contributed by atoms with Gasteiger partial charge in [0.2, 0.25) is 5.91 Å². The van der Waals surface area contributed by atoms with Gasteiger partial charge in [-0.3, -0.25) is 9.59 Å². The minimum Gasteiger partial charge on any atom is -0.481 e. The summed E-state index contributed by atoms with van der Waals surface area (Å²) < 4.78 is 32.2. The summed E-state index contributed by atoms with van der Waals surface area (Å²) in [5, 5.41) is 13.7. The molecule has 1 aliphatic carbocycles. The SMILES string of the molecule is CCC(C)(CNC(=O)CC(NC(=O)OCC1c2ccccc2-c2ccccc21)C(F)F)C(=O)O. The van der Waals surface area contributed by atoms with Gasteiger partial charge < -0.3 is 20.5 Å². The average Bonchev–Trinajstić information content (AvgIpc) is 3.14. The molecule has 1 aliphatic rings. The smallest absolute Gasteiger partial charge is 0.407 e. The zero-order chi connectivity index (χ0) is 24.9. The zero-order valence-corrected chi connectivity index (χ0v) is 19.0. The highest BCUT2D eigenvalue weighted by Gasteiger charge is 2.33. The van der Waals surface area contributed by atoms with Crippen molar-refractivity contribution in [2.45, 2.75) is 45.1 Å². The van der Waals surface area contributed by atoms with Crippen molar-refractivity contribution in [1.82, 2.24) is 10.6 Å². The van der Waals surface area contributed by atoms with Crippen molar-refractivity contribution in [3.05, 3.63) is 59.7 Å². The number of carbonyl (C=O) groups is 3. The van der Waals surface area contributed by atoms with Crippen LogP contribution in [-0.4, -0.2) is 48.7 Å². The van der Waals surface area contributed by atoms with Crippen molar-refractivity contribution in [2.75, 3.05) is 13.2 Å². The molecule has 0 saturated carbocycles.